The van der Waals surface area contributed by atoms with Gasteiger partial charge in [0.15, 0.2) is 5.58 Å². The Balaban J connectivity index is 1.62. The number of anilines is 1. The summed E-state index contributed by atoms with van der Waals surface area (Å²) in [5, 5.41) is 3.00. The number of rotatable bonds is 5. The van der Waals surface area contributed by atoms with E-state index in [9.17, 15) is 4.79 Å². The minimum atomic E-state index is -0.472. The third kappa shape index (κ3) is 4.04. The van der Waals surface area contributed by atoms with Crippen molar-refractivity contribution in [3.8, 4) is 0 Å². The van der Waals surface area contributed by atoms with Crippen molar-refractivity contribution in [2.75, 3.05) is 5.32 Å². The lowest BCUT2D eigenvalue weighted by molar-refractivity contribution is -0.115. The van der Waals surface area contributed by atoms with Gasteiger partial charge in [0.1, 0.15) is 10.8 Å². The predicted octanol–water partition coefficient (Wildman–Crippen LogP) is 5.61. The number of thioether (sulfide) groups is 1. The molecule has 5 heteroatoms. The molecular weight excluding hydrogens is 356 g/mol. The van der Waals surface area contributed by atoms with Crippen molar-refractivity contribution in [1.29, 1.82) is 0 Å². The number of para-hydroxylation sites is 2. The number of nitrogens with one attached hydrogen (secondary N) is 1. The van der Waals surface area contributed by atoms with Gasteiger partial charge in [-0.15, -0.1) is 0 Å². The zero-order valence-electron chi connectivity index (χ0n) is 14.8. The Morgan fingerprint density at radius 1 is 0.963 bits per heavy atom. The molecule has 0 aliphatic heterocycles. The van der Waals surface area contributed by atoms with E-state index in [0.29, 0.717) is 10.8 Å². The summed E-state index contributed by atoms with van der Waals surface area (Å²) in [4.78, 5) is 17.5. The number of aryl methyl sites for hydroxylation is 1. The van der Waals surface area contributed by atoms with Crippen molar-refractivity contribution in [3.05, 3.63) is 90.0 Å². The highest BCUT2D eigenvalue weighted by molar-refractivity contribution is 8.00. The number of hydrogen-bond donors (Lipinski definition) is 1. The Bertz CT molecular complexity index is 1030. The Hall–Kier alpha value is -3.05. The summed E-state index contributed by atoms with van der Waals surface area (Å²) in [7, 11) is 0. The minimum absolute atomic E-state index is 0.114. The molecule has 27 heavy (non-hydrogen) atoms. The highest BCUT2D eigenvalue weighted by Gasteiger charge is 2.24. The van der Waals surface area contributed by atoms with E-state index in [4.69, 9.17) is 4.42 Å². The number of benzene rings is 3. The van der Waals surface area contributed by atoms with Crippen LogP contribution in [0.25, 0.3) is 11.1 Å². The molecule has 0 saturated heterocycles. The molecule has 0 aliphatic rings. The van der Waals surface area contributed by atoms with Crippen LogP contribution in [0.3, 0.4) is 0 Å². The Morgan fingerprint density at radius 2 is 1.67 bits per heavy atom. The normalized spacial score (nSPS) is 12.0. The van der Waals surface area contributed by atoms with Gasteiger partial charge in [-0.3, -0.25) is 4.79 Å². The third-order valence-electron chi connectivity index (χ3n) is 4.15. The molecule has 0 radical (unpaired) electrons. The van der Waals surface area contributed by atoms with Crippen molar-refractivity contribution in [1.82, 2.24) is 4.98 Å². The van der Waals surface area contributed by atoms with E-state index in [1.165, 1.54) is 11.8 Å². The molecule has 0 aliphatic carbocycles. The molecule has 1 heterocycles. The van der Waals surface area contributed by atoms with Crippen molar-refractivity contribution < 1.29 is 9.21 Å². The smallest absolute Gasteiger partial charge is 0.257 e. The number of aromatic nitrogens is 1. The van der Waals surface area contributed by atoms with Gasteiger partial charge in [-0.25, -0.2) is 4.98 Å². The van der Waals surface area contributed by atoms with E-state index in [-0.39, 0.29) is 5.91 Å². The monoisotopic (exact) mass is 374 g/mol. The Labute approximate surface area is 161 Å². The molecule has 0 fully saturated rings. The SMILES string of the molecule is Cc1ccc(NC(=O)[C@@H](Sc2nc3ccccc3o2)c2ccccc2)cc1. The molecule has 0 bridgehead atoms. The molecule has 4 nitrogen and oxygen atoms in total. The molecule has 3 aromatic carbocycles. The number of carbonyl (C=O) groups excluding carboxylic acids is 1. The summed E-state index contributed by atoms with van der Waals surface area (Å²) in [6.07, 6.45) is 0. The standard InChI is InChI=1S/C22H18N2O2S/c1-15-11-13-17(14-12-15)23-21(25)20(16-7-3-2-4-8-16)27-22-24-18-9-5-6-10-19(18)26-22/h2-14,20H,1H3,(H,23,25)/t20-/m0/s1. The van der Waals surface area contributed by atoms with E-state index in [1.54, 1.807) is 0 Å². The maximum atomic E-state index is 13.0. The Kier molecular flexibility index (Phi) is 4.94. The van der Waals surface area contributed by atoms with Gasteiger partial charge in [0, 0.05) is 5.69 Å². The highest BCUT2D eigenvalue weighted by atomic mass is 32.2. The summed E-state index contributed by atoms with van der Waals surface area (Å²) in [6.45, 7) is 2.02. The second kappa shape index (κ2) is 7.68. The van der Waals surface area contributed by atoms with E-state index >= 15 is 0 Å². The van der Waals surface area contributed by atoms with Crippen LogP contribution in [-0.2, 0) is 4.79 Å². The lowest BCUT2D eigenvalue weighted by Crippen LogP contribution is -2.19. The van der Waals surface area contributed by atoms with Crippen LogP contribution in [0.5, 0.6) is 0 Å². The highest BCUT2D eigenvalue weighted by Crippen LogP contribution is 2.37. The van der Waals surface area contributed by atoms with Crippen LogP contribution in [0.2, 0.25) is 0 Å². The maximum absolute atomic E-state index is 13.0. The first-order chi connectivity index (χ1) is 13.2. The van der Waals surface area contributed by atoms with E-state index in [0.717, 1.165) is 22.3 Å². The fourth-order valence-electron chi connectivity index (χ4n) is 2.75. The summed E-state index contributed by atoms with van der Waals surface area (Å²) >= 11 is 1.31. The molecule has 134 valence electrons. The van der Waals surface area contributed by atoms with Gasteiger partial charge >= 0.3 is 0 Å². The first-order valence-electron chi connectivity index (χ1n) is 8.64. The Morgan fingerprint density at radius 3 is 2.41 bits per heavy atom. The topological polar surface area (TPSA) is 55.1 Å². The van der Waals surface area contributed by atoms with Crippen LogP contribution in [0, 0.1) is 6.92 Å². The van der Waals surface area contributed by atoms with Crippen molar-refractivity contribution >= 4 is 34.5 Å². The van der Waals surface area contributed by atoms with Gasteiger partial charge < -0.3 is 9.73 Å². The average molecular weight is 374 g/mol. The van der Waals surface area contributed by atoms with Crippen LogP contribution in [0.4, 0.5) is 5.69 Å². The first-order valence-corrected chi connectivity index (χ1v) is 9.52. The van der Waals surface area contributed by atoms with Gasteiger partial charge in [-0.05, 0) is 48.5 Å². The van der Waals surface area contributed by atoms with Crippen LogP contribution in [0.1, 0.15) is 16.4 Å². The lowest BCUT2D eigenvalue weighted by Gasteiger charge is -2.15. The third-order valence-corrected chi connectivity index (χ3v) is 5.25. The van der Waals surface area contributed by atoms with Crippen LogP contribution >= 0.6 is 11.8 Å². The largest absolute Gasteiger partial charge is 0.431 e. The number of nitrogens with zero attached hydrogens (tertiary/aromatic N) is 1. The summed E-state index contributed by atoms with van der Waals surface area (Å²) < 4.78 is 5.81. The maximum Gasteiger partial charge on any atom is 0.257 e. The zero-order valence-corrected chi connectivity index (χ0v) is 15.6. The number of amides is 1. The molecular formula is C22H18N2O2S. The van der Waals surface area contributed by atoms with E-state index < -0.39 is 5.25 Å². The zero-order chi connectivity index (χ0) is 18.6. The van der Waals surface area contributed by atoms with Crippen molar-refractivity contribution in [2.45, 2.75) is 17.4 Å². The molecule has 0 unspecified atom stereocenters. The van der Waals surface area contributed by atoms with E-state index in [1.807, 2.05) is 85.8 Å². The molecule has 1 N–H and O–H groups in total. The predicted molar refractivity (Wildman–Crippen MR) is 109 cm³/mol. The molecule has 1 amide bonds. The molecule has 0 spiro atoms. The van der Waals surface area contributed by atoms with Crippen LogP contribution in [-0.4, -0.2) is 10.9 Å². The fourth-order valence-corrected chi connectivity index (χ4v) is 3.70. The average Bonchev–Trinajstić information content (AvgIpc) is 3.11. The summed E-state index contributed by atoms with van der Waals surface area (Å²) in [5.41, 5.74) is 4.31. The van der Waals surface area contributed by atoms with Gasteiger partial charge in [-0.1, -0.05) is 60.2 Å². The number of hydrogen-bond acceptors (Lipinski definition) is 4. The van der Waals surface area contributed by atoms with Crippen molar-refractivity contribution in [2.24, 2.45) is 0 Å². The number of carbonyl (C=O) groups is 1. The number of oxazole rings is 1. The number of fused-ring (bicyclic) bond motifs is 1. The van der Waals surface area contributed by atoms with Gasteiger partial charge in [0.2, 0.25) is 5.91 Å². The summed E-state index contributed by atoms with van der Waals surface area (Å²) in [6, 6.07) is 25.0. The van der Waals surface area contributed by atoms with Gasteiger partial charge in [-0.2, -0.15) is 0 Å². The fraction of sp³-hybridized carbons (Fsp3) is 0.0909. The molecule has 4 aromatic rings. The molecule has 0 saturated carbocycles. The van der Waals surface area contributed by atoms with Gasteiger partial charge in [0.05, 0.1) is 0 Å². The van der Waals surface area contributed by atoms with E-state index in [2.05, 4.69) is 10.3 Å². The molecule has 1 aromatic heterocycles. The quantitative estimate of drug-likeness (QED) is 0.461. The first kappa shape index (κ1) is 17.4. The minimum Gasteiger partial charge on any atom is -0.431 e. The molecule has 1 atom stereocenters. The van der Waals surface area contributed by atoms with Crippen LogP contribution < -0.4 is 5.32 Å². The van der Waals surface area contributed by atoms with Gasteiger partial charge in [0.25, 0.3) is 5.22 Å². The second-order valence-corrected chi connectivity index (χ2v) is 7.27. The van der Waals surface area contributed by atoms with Crippen molar-refractivity contribution in [3.63, 3.8) is 0 Å². The second-order valence-electron chi connectivity index (χ2n) is 6.21. The molecule has 4 rings (SSSR count). The van der Waals surface area contributed by atoms with Crippen LogP contribution in [0.15, 0.2) is 88.5 Å². The lowest BCUT2D eigenvalue weighted by atomic mass is 10.1. The summed E-state index contributed by atoms with van der Waals surface area (Å²) in [5.74, 6) is -0.114.